The number of carbonyl (C=O) groups is 1. The van der Waals surface area contributed by atoms with Crippen molar-refractivity contribution in [3.05, 3.63) is 29.3 Å². The van der Waals surface area contributed by atoms with Gasteiger partial charge in [-0.15, -0.1) is 0 Å². The number of fused-ring (bicyclic) bond motifs is 3. The zero-order chi connectivity index (χ0) is 29.0. The Bertz CT molecular complexity index is 1300. The van der Waals surface area contributed by atoms with Crippen LogP contribution >= 0.6 is 0 Å². The molecule has 13 heteroatoms. The predicted octanol–water partition coefficient (Wildman–Crippen LogP) is 0.311. The molecule has 0 aromatic heterocycles. The summed E-state index contributed by atoms with van der Waals surface area (Å²) >= 11 is 0. The van der Waals surface area contributed by atoms with Crippen LogP contribution in [0.25, 0.3) is 11.1 Å². The Labute approximate surface area is 235 Å². The first-order valence-electron chi connectivity index (χ1n) is 13.2. The molecular weight excluding hydrogens is 544 g/mol. The second kappa shape index (κ2) is 10.8. The number of hydrogen-bond acceptors (Lipinski definition) is 13. The number of benzene rings is 2. The molecule has 1 unspecified atom stereocenters. The molecule has 8 atom stereocenters. The molecule has 0 bridgehead atoms. The highest BCUT2D eigenvalue weighted by Gasteiger charge is 2.52. The highest BCUT2D eigenvalue weighted by Crippen LogP contribution is 2.55. The largest absolute Gasteiger partial charge is 0.493 e. The van der Waals surface area contributed by atoms with E-state index in [1.165, 1.54) is 21.3 Å². The zero-order valence-corrected chi connectivity index (χ0v) is 22.6. The van der Waals surface area contributed by atoms with Gasteiger partial charge in [-0.1, -0.05) is 0 Å². The van der Waals surface area contributed by atoms with Crippen molar-refractivity contribution in [3.63, 3.8) is 0 Å². The smallest absolute Gasteiger partial charge is 0.309 e. The van der Waals surface area contributed by atoms with Crippen LogP contribution in [0.3, 0.4) is 0 Å². The van der Waals surface area contributed by atoms with E-state index in [0.717, 1.165) is 5.56 Å². The van der Waals surface area contributed by atoms with E-state index in [0.29, 0.717) is 51.9 Å². The van der Waals surface area contributed by atoms with Crippen LogP contribution in [0.2, 0.25) is 0 Å². The molecule has 222 valence electrons. The minimum absolute atomic E-state index is 0.0250. The van der Waals surface area contributed by atoms with E-state index in [-0.39, 0.29) is 13.4 Å². The standard InChI is InChI=1S/C28H32O13/c1-34-16-4-11(5-17(35-2)25(16)36-3)20-12-6-14-15(9-37-27(14)33)24(13(12)7-18-26(20)39-10-38-18)41-28-23(32)22(31)21(30)19(8-29)40-28/h4-5,7,14-15,19,21-24,28-32H,6,8-10H2,1-3H3/t14-,15?,19-,21-,22+,23-,24+,28+/m1/s1. The van der Waals surface area contributed by atoms with E-state index < -0.39 is 61.2 Å². The second-order valence-corrected chi connectivity index (χ2v) is 10.3. The van der Waals surface area contributed by atoms with Gasteiger partial charge in [0.2, 0.25) is 12.5 Å². The van der Waals surface area contributed by atoms with E-state index in [9.17, 15) is 25.2 Å². The normalized spacial score (nSPS) is 31.7. The molecule has 3 aliphatic heterocycles. The summed E-state index contributed by atoms with van der Waals surface area (Å²) in [5, 5.41) is 41.0. The van der Waals surface area contributed by atoms with Gasteiger partial charge < -0.3 is 58.3 Å². The Morgan fingerprint density at radius 2 is 1.66 bits per heavy atom. The lowest BCUT2D eigenvalue weighted by Crippen LogP contribution is -2.59. The molecule has 2 fully saturated rings. The number of rotatable bonds is 7. The fourth-order valence-corrected chi connectivity index (χ4v) is 6.16. The quantitative estimate of drug-likeness (QED) is 0.332. The van der Waals surface area contributed by atoms with E-state index >= 15 is 0 Å². The molecule has 2 aromatic rings. The van der Waals surface area contributed by atoms with Gasteiger partial charge in [-0.05, 0) is 41.3 Å². The Balaban J connectivity index is 1.50. The average molecular weight is 577 g/mol. The van der Waals surface area contributed by atoms with Gasteiger partial charge in [-0.25, -0.2) is 0 Å². The van der Waals surface area contributed by atoms with Crippen LogP contribution < -0.4 is 23.7 Å². The maximum atomic E-state index is 12.9. The Morgan fingerprint density at radius 1 is 0.927 bits per heavy atom. The summed E-state index contributed by atoms with van der Waals surface area (Å²) in [5.74, 6) is 0.713. The molecule has 0 saturated carbocycles. The molecule has 2 aromatic carbocycles. The first kappa shape index (κ1) is 27.8. The lowest BCUT2D eigenvalue weighted by Gasteiger charge is -2.43. The molecule has 13 nitrogen and oxygen atoms in total. The van der Waals surface area contributed by atoms with Crippen molar-refractivity contribution in [1.29, 1.82) is 0 Å². The van der Waals surface area contributed by atoms with Gasteiger partial charge in [-0.3, -0.25) is 4.79 Å². The molecule has 0 amide bonds. The highest BCUT2D eigenvalue weighted by atomic mass is 16.7. The summed E-state index contributed by atoms with van der Waals surface area (Å²) < 4.78 is 45.7. The van der Waals surface area contributed by atoms with Gasteiger partial charge in [0, 0.05) is 11.5 Å². The fourth-order valence-electron chi connectivity index (χ4n) is 6.16. The number of aliphatic hydroxyl groups is 4. The van der Waals surface area contributed by atoms with Crippen molar-refractivity contribution in [2.24, 2.45) is 11.8 Å². The number of methoxy groups -OCH3 is 3. The molecule has 2 saturated heterocycles. The molecule has 6 rings (SSSR count). The van der Waals surface area contributed by atoms with Crippen molar-refractivity contribution in [2.45, 2.75) is 43.2 Å². The van der Waals surface area contributed by atoms with Crippen LogP contribution in [0, 0.1) is 11.8 Å². The summed E-state index contributed by atoms with van der Waals surface area (Å²) in [5.41, 5.74) is 2.65. The minimum atomic E-state index is -1.63. The monoisotopic (exact) mass is 576 g/mol. The first-order chi connectivity index (χ1) is 19.8. The van der Waals surface area contributed by atoms with Gasteiger partial charge >= 0.3 is 5.97 Å². The summed E-state index contributed by atoms with van der Waals surface area (Å²) in [6.45, 7) is -0.564. The number of hydrogen-bond donors (Lipinski definition) is 4. The van der Waals surface area contributed by atoms with Gasteiger partial charge in [-0.2, -0.15) is 0 Å². The third kappa shape index (κ3) is 4.44. The van der Waals surface area contributed by atoms with Crippen LogP contribution in [0.5, 0.6) is 28.7 Å². The van der Waals surface area contributed by atoms with E-state index in [2.05, 4.69) is 0 Å². The Morgan fingerprint density at radius 3 is 2.32 bits per heavy atom. The number of carbonyl (C=O) groups excluding carboxylic acids is 1. The molecule has 1 aliphatic carbocycles. The van der Waals surface area contributed by atoms with Gasteiger partial charge in [0.05, 0.1) is 46.6 Å². The molecule has 4 aliphatic rings. The van der Waals surface area contributed by atoms with E-state index in [4.69, 9.17) is 37.9 Å². The van der Waals surface area contributed by atoms with Crippen LogP contribution in [-0.2, 0) is 25.4 Å². The van der Waals surface area contributed by atoms with E-state index in [1.807, 2.05) is 0 Å². The summed E-state index contributed by atoms with van der Waals surface area (Å²) in [6.07, 6.45) is -7.94. The third-order valence-corrected chi connectivity index (χ3v) is 8.25. The molecule has 3 heterocycles. The Hall–Kier alpha value is -3.33. The van der Waals surface area contributed by atoms with Gasteiger partial charge in [0.25, 0.3) is 0 Å². The van der Waals surface area contributed by atoms with Crippen LogP contribution in [0.15, 0.2) is 18.2 Å². The van der Waals surface area contributed by atoms with Gasteiger partial charge in [0.1, 0.15) is 24.4 Å². The fraction of sp³-hybridized carbons (Fsp3) is 0.536. The highest BCUT2D eigenvalue weighted by molar-refractivity contribution is 5.84. The third-order valence-electron chi connectivity index (χ3n) is 8.25. The van der Waals surface area contributed by atoms with E-state index in [1.54, 1.807) is 18.2 Å². The topological polar surface area (TPSA) is 172 Å². The molecule has 4 N–H and O–H groups in total. The van der Waals surface area contributed by atoms with Crippen LogP contribution in [0.1, 0.15) is 17.2 Å². The molecular formula is C28H32O13. The first-order valence-corrected chi connectivity index (χ1v) is 13.2. The minimum Gasteiger partial charge on any atom is -0.493 e. The Kier molecular flexibility index (Phi) is 7.34. The number of esters is 1. The number of ether oxygens (including phenoxy) is 8. The summed E-state index contributed by atoms with van der Waals surface area (Å²) in [6, 6.07) is 5.31. The lowest BCUT2D eigenvalue weighted by molar-refractivity contribution is -0.317. The second-order valence-electron chi connectivity index (χ2n) is 10.3. The van der Waals surface area contributed by atoms with Crippen molar-refractivity contribution in [1.82, 2.24) is 0 Å². The van der Waals surface area contributed by atoms with Crippen molar-refractivity contribution in [2.75, 3.05) is 41.3 Å². The predicted molar refractivity (Wildman–Crippen MR) is 137 cm³/mol. The van der Waals surface area contributed by atoms with Crippen LogP contribution in [-0.4, -0.2) is 98.4 Å². The zero-order valence-electron chi connectivity index (χ0n) is 22.6. The average Bonchev–Trinajstić information content (AvgIpc) is 3.61. The van der Waals surface area contributed by atoms with Gasteiger partial charge in [0.15, 0.2) is 29.3 Å². The molecule has 0 radical (unpaired) electrons. The lowest BCUT2D eigenvalue weighted by atomic mass is 9.72. The van der Waals surface area contributed by atoms with Crippen molar-refractivity contribution < 1.29 is 63.1 Å². The van der Waals surface area contributed by atoms with Crippen molar-refractivity contribution in [3.8, 4) is 39.9 Å². The molecule has 41 heavy (non-hydrogen) atoms. The SMILES string of the molecule is COc1cc(-c2c3c(cc4c2OCO4)[C@H](O[C@@H]2O[C@H](CO)[C@@H](O)[C@H](O)[C@H]2O)C2COC(=O)[C@@H]2C3)cc(OC)c1OC. The number of cyclic esters (lactones) is 1. The van der Waals surface area contributed by atoms with Crippen molar-refractivity contribution >= 4 is 5.97 Å². The maximum Gasteiger partial charge on any atom is 0.309 e. The number of aliphatic hydroxyl groups excluding tert-OH is 4. The maximum absolute atomic E-state index is 12.9. The van der Waals surface area contributed by atoms with Crippen LogP contribution in [0.4, 0.5) is 0 Å². The summed E-state index contributed by atoms with van der Waals surface area (Å²) in [4.78, 5) is 12.9. The molecule has 0 spiro atoms. The summed E-state index contributed by atoms with van der Waals surface area (Å²) in [7, 11) is 4.52.